The molecule has 0 bridgehead atoms. The standard InChI is InChI=1S/C51H31N5O.Pt/c1-3-13-35(14-4-1)41-21-12-22-42(36-15-5-2-6-16-36)50(41)55-34-54(46-27-24-37-17-7-8-20-43(37)51(46)55)38-18-11-19-39(31-38)57-40-25-26-44-45-28-30-52-33-48(45)56(47(44)32-40)49-23-9-10-29-53-49;/h1-30,33H;/q;+2. The van der Waals surface area contributed by atoms with E-state index in [0.29, 0.717) is 11.5 Å². The predicted octanol–water partition coefficient (Wildman–Crippen LogP) is 12.3. The van der Waals surface area contributed by atoms with Crippen molar-refractivity contribution in [3.63, 3.8) is 0 Å². The van der Waals surface area contributed by atoms with E-state index in [2.05, 4.69) is 163 Å². The fourth-order valence-electron chi connectivity index (χ4n) is 7.99. The molecule has 0 saturated heterocycles. The van der Waals surface area contributed by atoms with E-state index in [0.717, 1.165) is 83.4 Å². The van der Waals surface area contributed by atoms with Gasteiger partial charge in [-0.05, 0) is 68.9 Å². The number of ether oxygens (including phenoxy) is 1. The fraction of sp³-hybridized carbons (Fsp3) is 0. The van der Waals surface area contributed by atoms with Gasteiger partial charge in [0.1, 0.15) is 11.5 Å². The fourth-order valence-corrected chi connectivity index (χ4v) is 7.99. The molecule has 0 N–H and O–H groups in total. The van der Waals surface area contributed by atoms with Crippen LogP contribution in [0.5, 0.6) is 11.5 Å². The first-order chi connectivity index (χ1) is 28.3. The first kappa shape index (κ1) is 35.2. The molecule has 0 radical (unpaired) electrons. The molecule has 7 heteroatoms. The van der Waals surface area contributed by atoms with Crippen molar-refractivity contribution < 1.29 is 25.8 Å². The third-order valence-corrected chi connectivity index (χ3v) is 10.5. The molecule has 0 saturated carbocycles. The Balaban J connectivity index is 0.00000408. The minimum atomic E-state index is 0. The average Bonchev–Trinajstić information content (AvgIpc) is 3.83. The van der Waals surface area contributed by atoms with Gasteiger partial charge in [0.25, 0.3) is 5.69 Å². The molecule has 0 aliphatic carbocycles. The van der Waals surface area contributed by atoms with Crippen molar-refractivity contribution in [3.05, 3.63) is 201 Å². The van der Waals surface area contributed by atoms with Crippen LogP contribution in [0.2, 0.25) is 0 Å². The molecule has 3 aromatic heterocycles. The summed E-state index contributed by atoms with van der Waals surface area (Å²) in [5.41, 5.74) is 10.1. The summed E-state index contributed by atoms with van der Waals surface area (Å²) in [7, 11) is 0. The maximum atomic E-state index is 6.57. The van der Waals surface area contributed by atoms with Crippen LogP contribution >= 0.6 is 0 Å². The van der Waals surface area contributed by atoms with Crippen LogP contribution in [0.15, 0.2) is 188 Å². The summed E-state index contributed by atoms with van der Waals surface area (Å²) in [6.07, 6.45) is 5.47. The van der Waals surface area contributed by atoms with Gasteiger partial charge in [-0.3, -0.25) is 4.98 Å². The van der Waals surface area contributed by atoms with Crippen molar-refractivity contribution in [3.8, 4) is 39.6 Å². The van der Waals surface area contributed by atoms with E-state index < -0.39 is 0 Å². The van der Waals surface area contributed by atoms with Gasteiger partial charge in [0.15, 0.2) is 0 Å². The first-order valence-electron chi connectivity index (χ1n) is 18.8. The third kappa shape index (κ3) is 5.95. The summed E-state index contributed by atoms with van der Waals surface area (Å²) < 4.78 is 13.0. The maximum absolute atomic E-state index is 6.57. The van der Waals surface area contributed by atoms with Crippen molar-refractivity contribution in [1.82, 2.24) is 23.7 Å². The molecule has 0 unspecified atom stereocenters. The molecule has 0 amide bonds. The van der Waals surface area contributed by atoms with Crippen molar-refractivity contribution in [2.75, 3.05) is 0 Å². The number of rotatable bonds is 7. The molecule has 1 aliphatic rings. The van der Waals surface area contributed by atoms with E-state index in [1.165, 1.54) is 0 Å². The van der Waals surface area contributed by atoms with Crippen LogP contribution in [0.3, 0.4) is 0 Å². The Bertz CT molecular complexity index is 3190. The van der Waals surface area contributed by atoms with Crippen molar-refractivity contribution in [2.45, 2.75) is 0 Å². The number of pyridine rings is 2. The third-order valence-electron chi connectivity index (χ3n) is 10.5. The van der Waals surface area contributed by atoms with E-state index >= 15 is 0 Å². The van der Waals surface area contributed by atoms with E-state index in [9.17, 15) is 0 Å². The van der Waals surface area contributed by atoms with Crippen LogP contribution in [-0.2, 0) is 21.1 Å². The largest absolute Gasteiger partial charge is 2.00 e. The second kappa shape index (κ2) is 14.7. The minimum Gasteiger partial charge on any atom is -0.509 e. The van der Waals surface area contributed by atoms with Crippen LogP contribution in [0.4, 0.5) is 22.7 Å². The normalized spacial score (nSPS) is 11.9. The van der Waals surface area contributed by atoms with Gasteiger partial charge in [-0.25, -0.2) is 4.98 Å². The molecule has 58 heavy (non-hydrogen) atoms. The van der Waals surface area contributed by atoms with Gasteiger partial charge in [0, 0.05) is 30.0 Å². The molecule has 4 heterocycles. The molecule has 0 atom stereocenters. The van der Waals surface area contributed by atoms with Crippen LogP contribution in [-0.4, -0.2) is 20.5 Å². The SMILES string of the molecule is C1=[N+](c2[c-]c(Oc3[c-]c4c(cc3)c3ccncc3n4-c3ccccn3)ccc2)c2ccc3ccccc3c2[N+]=1c1c(-c2ccccc2)cccc1-c1ccccc1.[Pt+2]. The molecule has 11 rings (SSSR count). The van der Waals surface area contributed by atoms with Crippen molar-refractivity contribution in [2.24, 2.45) is 0 Å². The average molecular weight is 925 g/mol. The Morgan fingerprint density at radius 2 is 1.26 bits per heavy atom. The Morgan fingerprint density at radius 3 is 2.03 bits per heavy atom. The van der Waals surface area contributed by atoms with Crippen LogP contribution < -0.4 is 13.9 Å². The molecule has 6 nitrogen and oxygen atoms in total. The van der Waals surface area contributed by atoms with Gasteiger partial charge < -0.3 is 9.30 Å². The van der Waals surface area contributed by atoms with Crippen molar-refractivity contribution >= 4 is 61.3 Å². The number of hydrogen-bond donors (Lipinski definition) is 0. The summed E-state index contributed by atoms with van der Waals surface area (Å²) in [4.78, 5) is 9.07. The summed E-state index contributed by atoms with van der Waals surface area (Å²) in [5, 5.41) is 4.39. The van der Waals surface area contributed by atoms with Crippen LogP contribution in [0.25, 0.3) is 60.6 Å². The molecule has 0 fully saturated rings. The Kier molecular flexibility index (Phi) is 8.91. The molecular weight excluding hydrogens is 894 g/mol. The molecule has 0 spiro atoms. The monoisotopic (exact) mass is 924 g/mol. The summed E-state index contributed by atoms with van der Waals surface area (Å²) in [6, 6.07) is 69.4. The number of benzene rings is 7. The van der Waals surface area contributed by atoms with Crippen LogP contribution in [0.1, 0.15) is 0 Å². The Morgan fingerprint density at radius 1 is 0.534 bits per heavy atom. The molecule has 10 aromatic rings. The van der Waals surface area contributed by atoms with Gasteiger partial charge >= 0.3 is 32.8 Å². The smallest absolute Gasteiger partial charge is 0.509 e. The zero-order valence-electron chi connectivity index (χ0n) is 30.9. The van der Waals surface area contributed by atoms with Gasteiger partial charge in [0.05, 0.1) is 28.2 Å². The van der Waals surface area contributed by atoms with E-state index in [4.69, 9.17) is 4.74 Å². The van der Waals surface area contributed by atoms with E-state index in [1.807, 2.05) is 60.9 Å². The number of aromatic nitrogens is 3. The van der Waals surface area contributed by atoms with Gasteiger partial charge in [-0.15, -0.1) is 23.6 Å². The van der Waals surface area contributed by atoms with Gasteiger partial charge in [-0.2, -0.15) is 12.1 Å². The Labute approximate surface area is 349 Å². The number of fused-ring (bicyclic) bond motifs is 6. The molecule has 1 aliphatic heterocycles. The number of nitrogens with zero attached hydrogens (tertiary/aromatic N) is 5. The van der Waals surface area contributed by atoms with Crippen molar-refractivity contribution in [1.29, 1.82) is 0 Å². The predicted molar refractivity (Wildman–Crippen MR) is 230 cm³/mol. The zero-order valence-corrected chi connectivity index (χ0v) is 33.1. The maximum Gasteiger partial charge on any atom is 2.00 e. The van der Waals surface area contributed by atoms with Gasteiger partial charge in [0.2, 0.25) is 5.69 Å². The summed E-state index contributed by atoms with van der Waals surface area (Å²) in [5.74, 6) is 1.91. The van der Waals surface area contributed by atoms with Gasteiger partial charge in [-0.1, -0.05) is 113 Å². The molecular formula is C51H31N5OPt+2. The molecule has 274 valence electrons. The first-order valence-corrected chi connectivity index (χ1v) is 18.8. The summed E-state index contributed by atoms with van der Waals surface area (Å²) in [6.45, 7) is 0. The topological polar surface area (TPSA) is 46.0 Å². The number of para-hydroxylation sites is 1. The molecule has 7 aromatic carbocycles. The van der Waals surface area contributed by atoms with E-state index in [-0.39, 0.29) is 21.1 Å². The number of hydrogen-bond acceptors (Lipinski definition) is 3. The minimum absolute atomic E-state index is 0. The summed E-state index contributed by atoms with van der Waals surface area (Å²) >= 11 is 0. The second-order valence-corrected chi connectivity index (χ2v) is 13.9. The quantitative estimate of drug-likeness (QED) is 0.118. The Hall–Kier alpha value is -7.23. The zero-order chi connectivity index (χ0) is 37.7. The van der Waals surface area contributed by atoms with E-state index in [1.54, 1.807) is 6.20 Å². The van der Waals surface area contributed by atoms with Crippen LogP contribution in [0, 0.1) is 12.1 Å². The second-order valence-electron chi connectivity index (χ2n) is 13.9.